The van der Waals surface area contributed by atoms with E-state index in [1.54, 1.807) is 11.8 Å². The van der Waals surface area contributed by atoms with Crippen LogP contribution in [0.15, 0.2) is 0 Å². The van der Waals surface area contributed by atoms with Crippen molar-refractivity contribution in [1.29, 1.82) is 0 Å². The van der Waals surface area contributed by atoms with Crippen molar-refractivity contribution in [2.45, 2.75) is 90.8 Å². The number of ether oxygens (including phenoxy) is 1. The van der Waals surface area contributed by atoms with Gasteiger partial charge in [-0.1, -0.05) is 33.1 Å². The Hall–Kier alpha value is -1.67. The third-order valence-electron chi connectivity index (χ3n) is 5.89. The van der Waals surface area contributed by atoms with Crippen molar-refractivity contribution in [2.75, 3.05) is 20.3 Å². The fraction of sp³-hybridized carbons (Fsp3) is 0.857. The number of likely N-dealkylation sites (tertiary alicyclic amines) is 1. The minimum absolute atomic E-state index is 0.000203. The molecule has 0 radical (unpaired) electrons. The van der Waals surface area contributed by atoms with Crippen molar-refractivity contribution in [3.63, 3.8) is 0 Å². The molecule has 8 nitrogen and oxygen atoms in total. The molecule has 2 fully saturated rings. The fourth-order valence-electron chi connectivity index (χ4n) is 4.37. The number of fused-ring (bicyclic) bond motifs is 1. The molecular weight excluding hydrogens is 376 g/mol. The summed E-state index contributed by atoms with van der Waals surface area (Å²) in [5.41, 5.74) is -0.00548. The Morgan fingerprint density at radius 1 is 1.31 bits per heavy atom. The van der Waals surface area contributed by atoms with Gasteiger partial charge in [0, 0.05) is 6.04 Å². The van der Waals surface area contributed by atoms with Gasteiger partial charge in [-0.2, -0.15) is 4.89 Å². The standard InChI is InChI=1S/C18H32N2O4.C3H6O2/c1-5-6-11-19-13(2)16(21)20-14(17(22)24-23-4)12-18(3)10-8-7-9-15(18)20;1-2-5-3-4/h13-15,19H,5-12H2,1-4H3;3H,2H2,1H3/t13-,14-,15-,18-;/m0./s1. The molecule has 1 saturated carbocycles. The molecule has 1 saturated heterocycles. The van der Waals surface area contributed by atoms with Crippen LogP contribution in [0, 0.1) is 5.41 Å². The zero-order valence-electron chi connectivity index (χ0n) is 18.6. The molecule has 168 valence electrons. The summed E-state index contributed by atoms with van der Waals surface area (Å²) in [5, 5.41) is 3.29. The molecule has 0 aromatic rings. The Morgan fingerprint density at radius 2 is 2.03 bits per heavy atom. The number of hydrogen-bond acceptors (Lipinski definition) is 7. The third-order valence-corrected chi connectivity index (χ3v) is 5.89. The van der Waals surface area contributed by atoms with Crippen molar-refractivity contribution in [3.05, 3.63) is 0 Å². The summed E-state index contributed by atoms with van der Waals surface area (Å²) in [4.78, 5) is 45.8. The number of carbonyl (C=O) groups excluding carboxylic acids is 3. The highest BCUT2D eigenvalue weighted by Gasteiger charge is 2.55. The van der Waals surface area contributed by atoms with Crippen LogP contribution >= 0.6 is 0 Å². The molecule has 2 rings (SSSR count). The van der Waals surface area contributed by atoms with E-state index in [-0.39, 0.29) is 23.4 Å². The molecule has 1 amide bonds. The van der Waals surface area contributed by atoms with E-state index in [9.17, 15) is 14.4 Å². The van der Waals surface area contributed by atoms with Gasteiger partial charge in [-0.3, -0.25) is 14.5 Å². The van der Waals surface area contributed by atoms with Crippen LogP contribution in [0.3, 0.4) is 0 Å². The Morgan fingerprint density at radius 3 is 2.59 bits per heavy atom. The summed E-state index contributed by atoms with van der Waals surface area (Å²) in [6.07, 6.45) is 7.05. The maximum absolute atomic E-state index is 13.1. The lowest BCUT2D eigenvalue weighted by Crippen LogP contribution is -2.54. The van der Waals surface area contributed by atoms with Gasteiger partial charge < -0.3 is 15.0 Å². The largest absolute Gasteiger partial charge is 0.468 e. The Bertz CT molecular complexity index is 529. The first-order valence-electron chi connectivity index (χ1n) is 10.7. The summed E-state index contributed by atoms with van der Waals surface area (Å²) in [5.74, 6) is -0.456. The van der Waals surface area contributed by atoms with Crippen LogP contribution in [-0.2, 0) is 28.9 Å². The lowest BCUT2D eigenvalue weighted by atomic mass is 9.71. The minimum Gasteiger partial charge on any atom is -0.468 e. The zero-order chi connectivity index (χ0) is 21.9. The van der Waals surface area contributed by atoms with Gasteiger partial charge >= 0.3 is 5.97 Å². The number of hydrogen-bond donors (Lipinski definition) is 1. The quantitative estimate of drug-likeness (QED) is 0.268. The van der Waals surface area contributed by atoms with Gasteiger partial charge in [-0.25, -0.2) is 4.79 Å². The van der Waals surface area contributed by atoms with Crippen LogP contribution in [0.2, 0.25) is 0 Å². The van der Waals surface area contributed by atoms with E-state index in [2.05, 4.69) is 28.8 Å². The molecule has 1 N–H and O–H groups in total. The van der Waals surface area contributed by atoms with Crippen LogP contribution in [0.1, 0.15) is 72.6 Å². The second kappa shape index (κ2) is 12.8. The molecule has 4 atom stereocenters. The molecule has 1 aliphatic heterocycles. The molecule has 0 spiro atoms. The number of rotatable bonds is 9. The lowest BCUT2D eigenvalue weighted by molar-refractivity contribution is -0.259. The smallest absolute Gasteiger partial charge is 0.364 e. The van der Waals surface area contributed by atoms with Crippen molar-refractivity contribution in [2.24, 2.45) is 5.41 Å². The van der Waals surface area contributed by atoms with Crippen molar-refractivity contribution < 1.29 is 28.9 Å². The monoisotopic (exact) mass is 414 g/mol. The van der Waals surface area contributed by atoms with E-state index in [4.69, 9.17) is 4.89 Å². The minimum atomic E-state index is -0.541. The molecule has 0 bridgehead atoms. The summed E-state index contributed by atoms with van der Waals surface area (Å²) in [6, 6.07) is -0.719. The molecule has 8 heteroatoms. The molecule has 2 aliphatic rings. The second-order valence-corrected chi connectivity index (χ2v) is 8.03. The Kier molecular flexibility index (Phi) is 11.2. The van der Waals surface area contributed by atoms with Crippen LogP contribution in [0.5, 0.6) is 0 Å². The third kappa shape index (κ3) is 6.96. The van der Waals surface area contributed by atoms with Gasteiger partial charge in [-0.15, -0.1) is 0 Å². The molecule has 0 unspecified atom stereocenters. The van der Waals surface area contributed by atoms with E-state index < -0.39 is 12.0 Å². The van der Waals surface area contributed by atoms with Crippen molar-refractivity contribution in [1.82, 2.24) is 10.2 Å². The molecule has 1 aliphatic carbocycles. The zero-order valence-corrected chi connectivity index (χ0v) is 18.6. The average molecular weight is 415 g/mol. The summed E-state index contributed by atoms with van der Waals surface area (Å²) in [6.45, 7) is 9.69. The van der Waals surface area contributed by atoms with Gasteiger partial charge in [0.2, 0.25) is 5.91 Å². The highest BCUT2D eigenvalue weighted by Crippen LogP contribution is 2.49. The van der Waals surface area contributed by atoms with Crippen molar-refractivity contribution >= 4 is 18.3 Å². The maximum Gasteiger partial charge on any atom is 0.364 e. The fourth-order valence-corrected chi connectivity index (χ4v) is 4.37. The van der Waals surface area contributed by atoms with E-state index in [0.717, 1.165) is 45.1 Å². The highest BCUT2D eigenvalue weighted by atomic mass is 17.2. The first-order valence-corrected chi connectivity index (χ1v) is 10.7. The first-order chi connectivity index (χ1) is 13.9. The van der Waals surface area contributed by atoms with Gasteiger partial charge in [-0.05, 0) is 51.5 Å². The Labute approximate surface area is 174 Å². The van der Waals surface area contributed by atoms with Gasteiger partial charge in [0.25, 0.3) is 6.47 Å². The number of carbonyl (C=O) groups is 3. The highest BCUT2D eigenvalue weighted by molar-refractivity contribution is 5.88. The topological polar surface area (TPSA) is 94.2 Å². The van der Waals surface area contributed by atoms with Crippen LogP contribution in [-0.4, -0.2) is 61.6 Å². The number of unbranched alkanes of at least 4 members (excludes halogenated alkanes) is 1. The normalized spacial score (nSPS) is 26.6. The van der Waals surface area contributed by atoms with Crippen LogP contribution in [0.25, 0.3) is 0 Å². The number of nitrogens with zero attached hydrogens (tertiary/aromatic N) is 1. The van der Waals surface area contributed by atoms with Crippen molar-refractivity contribution in [3.8, 4) is 0 Å². The number of amides is 1. The first kappa shape index (κ1) is 25.4. The van der Waals surface area contributed by atoms with E-state index in [1.165, 1.54) is 7.11 Å². The predicted molar refractivity (Wildman–Crippen MR) is 109 cm³/mol. The van der Waals surface area contributed by atoms with E-state index >= 15 is 0 Å². The van der Waals surface area contributed by atoms with E-state index in [0.29, 0.717) is 19.5 Å². The van der Waals surface area contributed by atoms with Gasteiger partial charge in [0.15, 0.2) is 0 Å². The summed E-state index contributed by atoms with van der Waals surface area (Å²) in [7, 11) is 1.32. The van der Waals surface area contributed by atoms with E-state index in [1.807, 2.05) is 6.92 Å². The van der Waals surface area contributed by atoms with Crippen LogP contribution in [0.4, 0.5) is 0 Å². The summed E-state index contributed by atoms with van der Waals surface area (Å²) >= 11 is 0. The Balaban J connectivity index is 0.000000749. The SMILES string of the molecule is CCCCN[C@@H](C)C(=O)N1[C@H]2CCCC[C@@]2(C)C[C@H]1C(=O)OOC.CCOC=O. The van der Waals surface area contributed by atoms with Crippen LogP contribution < -0.4 is 5.32 Å². The lowest BCUT2D eigenvalue weighted by Gasteiger charge is -2.40. The molecule has 0 aromatic heterocycles. The second-order valence-electron chi connectivity index (χ2n) is 8.03. The molecule has 29 heavy (non-hydrogen) atoms. The predicted octanol–water partition coefficient (Wildman–Crippen LogP) is 2.60. The average Bonchev–Trinajstić information content (AvgIpc) is 3.02. The summed E-state index contributed by atoms with van der Waals surface area (Å²) < 4.78 is 4.15. The van der Waals surface area contributed by atoms with Gasteiger partial charge in [0.05, 0.1) is 19.8 Å². The molecule has 0 aromatic carbocycles. The maximum atomic E-state index is 13.1. The molecule has 1 heterocycles. The molecular formula is C21H38N2O6. The number of nitrogens with one attached hydrogen (secondary N) is 1. The van der Waals surface area contributed by atoms with Gasteiger partial charge in [0.1, 0.15) is 6.04 Å².